The summed E-state index contributed by atoms with van der Waals surface area (Å²) < 4.78 is 0. The van der Waals surface area contributed by atoms with E-state index in [0.29, 0.717) is 5.69 Å². The molecule has 0 saturated carbocycles. The van der Waals surface area contributed by atoms with Gasteiger partial charge < -0.3 is 16.0 Å². The lowest BCUT2D eigenvalue weighted by Gasteiger charge is -2.08. The summed E-state index contributed by atoms with van der Waals surface area (Å²) in [5, 5.41) is 11.5. The Morgan fingerprint density at radius 2 is 1.69 bits per heavy atom. The maximum Gasteiger partial charge on any atom is 0.138 e. The lowest BCUT2D eigenvalue weighted by atomic mass is 10.1. The number of nitrogens with one attached hydrogen (secondary N) is 2. The summed E-state index contributed by atoms with van der Waals surface area (Å²) in [4.78, 5) is 8.00. The maximum atomic E-state index is 5.86. The first-order valence-corrected chi connectivity index (χ1v) is 9.25. The quantitative estimate of drug-likeness (QED) is 0.382. The molecule has 3 aromatic carbocycles. The number of rotatable bonds is 4. The molecule has 2 aromatic heterocycles. The molecule has 0 spiro atoms. The SMILES string of the molecule is Nc1ccc2nc(-c3cccc(Nc4ccc(-c5cccnn5)cc4)c3)[nH]c2c1. The minimum atomic E-state index is 0.716. The monoisotopic (exact) mass is 378 g/mol. The number of nitrogens with two attached hydrogens (primary N) is 1. The van der Waals surface area contributed by atoms with Gasteiger partial charge in [0.2, 0.25) is 0 Å². The van der Waals surface area contributed by atoms with Crippen LogP contribution in [-0.4, -0.2) is 20.2 Å². The number of fused-ring (bicyclic) bond motifs is 1. The third-order valence-electron chi connectivity index (χ3n) is 4.68. The Balaban J connectivity index is 1.39. The first kappa shape index (κ1) is 16.9. The number of aromatic nitrogens is 4. The highest BCUT2D eigenvalue weighted by Crippen LogP contribution is 2.26. The average Bonchev–Trinajstić information content (AvgIpc) is 3.18. The van der Waals surface area contributed by atoms with Crippen LogP contribution in [0.25, 0.3) is 33.7 Å². The van der Waals surface area contributed by atoms with Gasteiger partial charge in [0.25, 0.3) is 0 Å². The zero-order chi connectivity index (χ0) is 19.6. The van der Waals surface area contributed by atoms with Crippen molar-refractivity contribution in [2.75, 3.05) is 11.1 Å². The van der Waals surface area contributed by atoms with Crippen LogP contribution in [0.15, 0.2) is 85.1 Å². The van der Waals surface area contributed by atoms with E-state index >= 15 is 0 Å². The van der Waals surface area contributed by atoms with Gasteiger partial charge in [0, 0.05) is 34.4 Å². The fraction of sp³-hybridized carbons (Fsp3) is 0. The van der Waals surface area contributed by atoms with Crippen LogP contribution < -0.4 is 11.1 Å². The number of H-pyrrole nitrogens is 1. The van der Waals surface area contributed by atoms with Gasteiger partial charge in [-0.25, -0.2) is 4.98 Å². The molecule has 0 aliphatic carbocycles. The lowest BCUT2D eigenvalue weighted by molar-refractivity contribution is 1.04. The van der Waals surface area contributed by atoms with Gasteiger partial charge in [-0.1, -0.05) is 24.3 Å². The normalized spacial score (nSPS) is 10.9. The highest BCUT2D eigenvalue weighted by atomic mass is 15.1. The number of anilines is 3. The fourth-order valence-corrected chi connectivity index (χ4v) is 3.25. The van der Waals surface area contributed by atoms with Crippen LogP contribution in [-0.2, 0) is 0 Å². The topological polar surface area (TPSA) is 92.5 Å². The average molecular weight is 378 g/mol. The molecule has 4 N–H and O–H groups in total. The van der Waals surface area contributed by atoms with Gasteiger partial charge in [0.1, 0.15) is 5.82 Å². The molecule has 0 amide bonds. The summed E-state index contributed by atoms with van der Waals surface area (Å²) in [6, 6.07) is 25.7. The molecular formula is C23H18N6. The summed E-state index contributed by atoms with van der Waals surface area (Å²) in [6.45, 7) is 0. The van der Waals surface area contributed by atoms with Crippen LogP contribution in [0.3, 0.4) is 0 Å². The summed E-state index contributed by atoms with van der Waals surface area (Å²) in [7, 11) is 0. The zero-order valence-electron chi connectivity index (χ0n) is 15.5. The van der Waals surface area contributed by atoms with Gasteiger partial charge in [-0.3, -0.25) is 0 Å². The van der Waals surface area contributed by atoms with E-state index in [-0.39, 0.29) is 0 Å². The van der Waals surface area contributed by atoms with Gasteiger partial charge >= 0.3 is 0 Å². The third-order valence-corrected chi connectivity index (χ3v) is 4.68. The Morgan fingerprint density at radius 3 is 2.52 bits per heavy atom. The minimum Gasteiger partial charge on any atom is -0.399 e. The van der Waals surface area contributed by atoms with Crippen LogP contribution in [0.2, 0.25) is 0 Å². The molecule has 0 fully saturated rings. The molecule has 0 aliphatic rings. The van der Waals surface area contributed by atoms with Crippen LogP contribution >= 0.6 is 0 Å². The summed E-state index contributed by atoms with van der Waals surface area (Å²) in [5.74, 6) is 0.812. The molecule has 5 rings (SSSR count). The number of imidazole rings is 1. The van der Waals surface area contributed by atoms with E-state index in [1.165, 1.54) is 0 Å². The molecule has 5 aromatic rings. The molecule has 140 valence electrons. The van der Waals surface area contributed by atoms with Gasteiger partial charge in [0.15, 0.2) is 0 Å². The number of hydrogen-bond donors (Lipinski definition) is 3. The van der Waals surface area contributed by atoms with Crippen molar-refractivity contribution < 1.29 is 0 Å². The number of nitrogens with zero attached hydrogens (tertiary/aromatic N) is 3. The van der Waals surface area contributed by atoms with Crippen LogP contribution in [0.5, 0.6) is 0 Å². The van der Waals surface area contributed by atoms with Gasteiger partial charge in [-0.2, -0.15) is 10.2 Å². The van der Waals surface area contributed by atoms with E-state index in [4.69, 9.17) is 5.73 Å². The number of nitrogen functional groups attached to an aromatic ring is 1. The predicted octanol–water partition coefficient (Wildman–Crippen LogP) is 5.01. The molecule has 0 bridgehead atoms. The molecule has 0 saturated heterocycles. The van der Waals surface area contributed by atoms with E-state index < -0.39 is 0 Å². The highest BCUT2D eigenvalue weighted by Gasteiger charge is 2.07. The standard InChI is InChI=1S/C23H18N6/c24-17-8-11-21-22(14-17)28-23(27-21)16-3-1-4-19(13-16)26-18-9-6-15(7-10-18)20-5-2-12-25-29-20/h1-14,26H,24H2,(H,27,28). The van der Waals surface area contributed by atoms with Crippen molar-refractivity contribution in [3.05, 3.63) is 85.1 Å². The molecule has 0 unspecified atom stereocenters. The smallest absolute Gasteiger partial charge is 0.138 e. The summed E-state index contributed by atoms with van der Waals surface area (Å²) >= 11 is 0. The van der Waals surface area contributed by atoms with Crippen molar-refractivity contribution in [2.45, 2.75) is 0 Å². The molecule has 0 aliphatic heterocycles. The van der Waals surface area contributed by atoms with Crippen LogP contribution in [0.1, 0.15) is 0 Å². The van der Waals surface area contributed by atoms with Crippen molar-refractivity contribution in [1.29, 1.82) is 0 Å². The predicted molar refractivity (Wildman–Crippen MR) is 117 cm³/mol. The summed E-state index contributed by atoms with van der Waals surface area (Å²) in [5.41, 5.74) is 13.3. The van der Waals surface area contributed by atoms with E-state index in [0.717, 1.165) is 45.1 Å². The molecule has 2 heterocycles. The second-order valence-corrected chi connectivity index (χ2v) is 6.75. The van der Waals surface area contributed by atoms with Crippen molar-refractivity contribution in [1.82, 2.24) is 20.2 Å². The highest BCUT2D eigenvalue weighted by molar-refractivity contribution is 5.82. The molecule has 0 radical (unpaired) electrons. The van der Waals surface area contributed by atoms with Crippen molar-refractivity contribution in [2.24, 2.45) is 0 Å². The Bertz CT molecular complexity index is 1280. The molecule has 29 heavy (non-hydrogen) atoms. The fourth-order valence-electron chi connectivity index (χ4n) is 3.25. The largest absolute Gasteiger partial charge is 0.399 e. The zero-order valence-corrected chi connectivity index (χ0v) is 15.5. The van der Waals surface area contributed by atoms with Gasteiger partial charge in [0.05, 0.1) is 16.7 Å². The summed E-state index contributed by atoms with van der Waals surface area (Å²) in [6.07, 6.45) is 1.67. The van der Waals surface area contributed by atoms with E-state index in [1.54, 1.807) is 6.20 Å². The van der Waals surface area contributed by atoms with Crippen LogP contribution in [0.4, 0.5) is 17.1 Å². The maximum absolute atomic E-state index is 5.86. The van der Waals surface area contributed by atoms with Gasteiger partial charge in [-0.15, -0.1) is 0 Å². The van der Waals surface area contributed by atoms with Crippen molar-refractivity contribution in [3.8, 4) is 22.6 Å². The Kier molecular flexibility index (Phi) is 4.14. The van der Waals surface area contributed by atoms with Crippen LogP contribution in [0, 0.1) is 0 Å². The minimum absolute atomic E-state index is 0.716. The van der Waals surface area contributed by atoms with Crippen molar-refractivity contribution >= 4 is 28.1 Å². The third kappa shape index (κ3) is 3.51. The number of aromatic amines is 1. The Morgan fingerprint density at radius 1 is 0.793 bits per heavy atom. The van der Waals surface area contributed by atoms with Gasteiger partial charge in [-0.05, 0) is 54.6 Å². The second-order valence-electron chi connectivity index (χ2n) is 6.75. The molecule has 6 nitrogen and oxygen atoms in total. The molecule has 0 atom stereocenters. The molecular weight excluding hydrogens is 360 g/mol. The first-order valence-electron chi connectivity index (χ1n) is 9.25. The van der Waals surface area contributed by atoms with E-state index in [2.05, 4.69) is 31.5 Å². The Hall–Kier alpha value is -4.19. The lowest BCUT2D eigenvalue weighted by Crippen LogP contribution is -1.92. The number of benzene rings is 3. The Labute approximate surface area is 167 Å². The van der Waals surface area contributed by atoms with Crippen molar-refractivity contribution in [3.63, 3.8) is 0 Å². The van der Waals surface area contributed by atoms with E-state index in [9.17, 15) is 0 Å². The van der Waals surface area contributed by atoms with E-state index in [1.807, 2.05) is 72.8 Å². The second kappa shape index (κ2) is 7.09. The number of hydrogen-bond acceptors (Lipinski definition) is 5. The first-order chi connectivity index (χ1) is 14.2. The molecule has 6 heteroatoms.